The van der Waals surface area contributed by atoms with E-state index in [0.717, 1.165) is 17.0 Å². The first-order chi connectivity index (χ1) is 16.8. The van der Waals surface area contributed by atoms with E-state index in [-0.39, 0.29) is 29.2 Å². The predicted molar refractivity (Wildman–Crippen MR) is 126 cm³/mol. The van der Waals surface area contributed by atoms with Crippen molar-refractivity contribution in [3.05, 3.63) is 95.1 Å². The third kappa shape index (κ3) is 4.59. The summed E-state index contributed by atoms with van der Waals surface area (Å²) in [5.74, 6) is -2.53. The van der Waals surface area contributed by atoms with Crippen LogP contribution in [0.3, 0.4) is 0 Å². The molecule has 8 heteroatoms. The molecule has 0 aromatic heterocycles. The van der Waals surface area contributed by atoms with Gasteiger partial charge in [0.1, 0.15) is 28.9 Å². The Balaban J connectivity index is 1.93. The van der Waals surface area contributed by atoms with Crippen molar-refractivity contribution >= 4 is 23.1 Å². The maximum atomic E-state index is 13.7. The van der Waals surface area contributed by atoms with Crippen molar-refractivity contribution < 1.29 is 33.0 Å². The Kier molecular flexibility index (Phi) is 6.82. The second kappa shape index (κ2) is 9.97. The number of aliphatic hydroxyl groups is 1. The molecule has 1 aliphatic rings. The second-order valence-electron chi connectivity index (χ2n) is 7.72. The van der Waals surface area contributed by atoms with E-state index in [9.17, 15) is 23.5 Å². The summed E-state index contributed by atoms with van der Waals surface area (Å²) >= 11 is 0. The normalized spacial score (nSPS) is 17.0. The number of hydrogen-bond donors (Lipinski definition) is 1. The number of ether oxygens (including phenoxy) is 2. The quantitative estimate of drug-likeness (QED) is 0.279. The first kappa shape index (κ1) is 23.9. The van der Waals surface area contributed by atoms with Gasteiger partial charge in [-0.3, -0.25) is 14.5 Å². The molecule has 1 heterocycles. The average molecular weight is 479 g/mol. The summed E-state index contributed by atoms with van der Waals surface area (Å²) in [6, 6.07) is 14.0. The molecule has 0 saturated carbocycles. The highest BCUT2D eigenvalue weighted by Gasteiger charge is 2.47. The summed E-state index contributed by atoms with van der Waals surface area (Å²) in [4.78, 5) is 27.5. The molecular formula is C27H23F2NO5. The number of carbonyl (C=O) groups excluding carboxylic acids is 2. The maximum absolute atomic E-state index is 13.7. The zero-order valence-electron chi connectivity index (χ0n) is 19.1. The fraction of sp³-hybridized carbons (Fsp3) is 0.185. The number of hydrogen-bond acceptors (Lipinski definition) is 5. The topological polar surface area (TPSA) is 76.1 Å². The Morgan fingerprint density at radius 3 is 2.09 bits per heavy atom. The number of rotatable bonds is 7. The van der Waals surface area contributed by atoms with Crippen molar-refractivity contribution in [2.24, 2.45) is 0 Å². The van der Waals surface area contributed by atoms with Crippen LogP contribution in [0.1, 0.15) is 31.0 Å². The number of anilines is 1. The number of amides is 1. The molecule has 3 aromatic carbocycles. The third-order valence-electron chi connectivity index (χ3n) is 5.55. The largest absolute Gasteiger partial charge is 0.507 e. The van der Waals surface area contributed by atoms with Gasteiger partial charge < -0.3 is 14.6 Å². The van der Waals surface area contributed by atoms with Crippen LogP contribution in [0.4, 0.5) is 14.5 Å². The standard InChI is InChI=1S/C27H23F2NO5/c1-3-34-20-13-14-21(22(15-20)35-4-2)25(31)23-24(16-5-7-17(28)8-6-16)30(27(33)26(23)32)19-11-9-18(29)10-12-19/h5-15,24,31H,3-4H2,1-2H3/b25-23-. The number of halogens is 2. The number of Topliss-reactive ketones (excluding diaryl/α,β-unsaturated/α-hetero) is 1. The SMILES string of the molecule is CCOc1ccc(/C(O)=C2/C(=O)C(=O)N(c3ccc(F)cc3)C2c2ccc(F)cc2)c(OCC)c1. The smallest absolute Gasteiger partial charge is 0.300 e. The van der Waals surface area contributed by atoms with Crippen LogP contribution < -0.4 is 14.4 Å². The minimum atomic E-state index is -1.08. The number of aliphatic hydroxyl groups excluding tert-OH is 1. The number of nitrogens with zero attached hydrogens (tertiary/aromatic N) is 1. The van der Waals surface area contributed by atoms with Gasteiger partial charge in [0.25, 0.3) is 11.7 Å². The molecule has 0 bridgehead atoms. The number of carbonyl (C=O) groups is 2. The Morgan fingerprint density at radius 1 is 0.886 bits per heavy atom. The highest BCUT2D eigenvalue weighted by atomic mass is 19.1. The first-order valence-electron chi connectivity index (χ1n) is 11.1. The molecule has 4 rings (SSSR count). The number of benzene rings is 3. The van der Waals surface area contributed by atoms with E-state index in [1.165, 1.54) is 36.4 Å². The minimum absolute atomic E-state index is 0.194. The van der Waals surface area contributed by atoms with Crippen LogP contribution in [0.25, 0.3) is 5.76 Å². The molecule has 1 atom stereocenters. The van der Waals surface area contributed by atoms with E-state index in [1.54, 1.807) is 25.1 Å². The fourth-order valence-corrected chi connectivity index (χ4v) is 4.04. The molecular weight excluding hydrogens is 456 g/mol. The zero-order chi connectivity index (χ0) is 25.1. The molecule has 1 N–H and O–H groups in total. The molecule has 6 nitrogen and oxygen atoms in total. The molecule has 1 saturated heterocycles. The van der Waals surface area contributed by atoms with Crippen molar-refractivity contribution in [1.29, 1.82) is 0 Å². The molecule has 35 heavy (non-hydrogen) atoms. The number of ketones is 1. The van der Waals surface area contributed by atoms with Crippen LogP contribution in [0.15, 0.2) is 72.3 Å². The molecule has 0 spiro atoms. The Labute approximate surface area is 201 Å². The van der Waals surface area contributed by atoms with E-state index in [4.69, 9.17) is 9.47 Å². The Bertz CT molecular complexity index is 1290. The van der Waals surface area contributed by atoms with Gasteiger partial charge >= 0.3 is 0 Å². The summed E-state index contributed by atoms with van der Waals surface area (Å²) in [7, 11) is 0. The average Bonchev–Trinajstić information content (AvgIpc) is 3.11. The van der Waals surface area contributed by atoms with Crippen molar-refractivity contribution in [1.82, 2.24) is 0 Å². The van der Waals surface area contributed by atoms with Crippen molar-refractivity contribution in [2.75, 3.05) is 18.1 Å². The lowest BCUT2D eigenvalue weighted by Gasteiger charge is -2.25. The van der Waals surface area contributed by atoms with E-state index < -0.39 is 35.1 Å². The molecule has 0 aliphatic carbocycles. The van der Waals surface area contributed by atoms with Crippen LogP contribution in [0.2, 0.25) is 0 Å². The Hall–Kier alpha value is -4.20. The maximum Gasteiger partial charge on any atom is 0.300 e. The molecule has 1 fully saturated rings. The van der Waals surface area contributed by atoms with Crippen LogP contribution in [-0.2, 0) is 9.59 Å². The van der Waals surface area contributed by atoms with Gasteiger partial charge in [-0.1, -0.05) is 12.1 Å². The highest BCUT2D eigenvalue weighted by molar-refractivity contribution is 6.51. The van der Waals surface area contributed by atoms with Gasteiger partial charge in [-0.2, -0.15) is 0 Å². The van der Waals surface area contributed by atoms with Gasteiger partial charge in [0.2, 0.25) is 0 Å². The lowest BCUT2D eigenvalue weighted by Crippen LogP contribution is -2.29. The van der Waals surface area contributed by atoms with E-state index in [1.807, 2.05) is 6.92 Å². The van der Waals surface area contributed by atoms with E-state index in [2.05, 4.69) is 0 Å². The molecule has 1 unspecified atom stereocenters. The summed E-state index contributed by atoms with van der Waals surface area (Å²) in [5.41, 5.74) is 0.634. The summed E-state index contributed by atoms with van der Waals surface area (Å²) < 4.78 is 38.4. The third-order valence-corrected chi connectivity index (χ3v) is 5.55. The molecule has 0 radical (unpaired) electrons. The highest BCUT2D eigenvalue weighted by Crippen LogP contribution is 2.43. The van der Waals surface area contributed by atoms with E-state index >= 15 is 0 Å². The Morgan fingerprint density at radius 2 is 1.49 bits per heavy atom. The molecule has 180 valence electrons. The lowest BCUT2D eigenvalue weighted by atomic mass is 9.94. The van der Waals surface area contributed by atoms with Crippen molar-refractivity contribution in [3.8, 4) is 11.5 Å². The van der Waals surface area contributed by atoms with Gasteiger partial charge in [0.05, 0.1) is 30.4 Å². The summed E-state index contributed by atoms with van der Waals surface area (Å²) in [5, 5.41) is 11.4. The molecule has 1 amide bonds. The predicted octanol–water partition coefficient (Wildman–Crippen LogP) is 5.39. The van der Waals surface area contributed by atoms with Crippen LogP contribution in [-0.4, -0.2) is 30.0 Å². The minimum Gasteiger partial charge on any atom is -0.507 e. The first-order valence-corrected chi connectivity index (χ1v) is 11.1. The van der Waals surface area contributed by atoms with Gasteiger partial charge in [-0.25, -0.2) is 8.78 Å². The summed E-state index contributed by atoms with van der Waals surface area (Å²) in [6.07, 6.45) is 0. The lowest BCUT2D eigenvalue weighted by molar-refractivity contribution is -0.132. The van der Waals surface area contributed by atoms with Gasteiger partial charge in [-0.05, 0) is 67.9 Å². The van der Waals surface area contributed by atoms with Gasteiger partial charge in [0.15, 0.2) is 0 Å². The van der Waals surface area contributed by atoms with Crippen LogP contribution >= 0.6 is 0 Å². The fourth-order valence-electron chi connectivity index (χ4n) is 4.04. The van der Waals surface area contributed by atoms with Crippen LogP contribution in [0, 0.1) is 11.6 Å². The van der Waals surface area contributed by atoms with Crippen molar-refractivity contribution in [3.63, 3.8) is 0 Å². The monoisotopic (exact) mass is 479 g/mol. The second-order valence-corrected chi connectivity index (χ2v) is 7.72. The van der Waals surface area contributed by atoms with E-state index in [0.29, 0.717) is 17.9 Å². The molecule has 3 aromatic rings. The van der Waals surface area contributed by atoms with Crippen molar-refractivity contribution in [2.45, 2.75) is 19.9 Å². The van der Waals surface area contributed by atoms with Gasteiger partial charge in [-0.15, -0.1) is 0 Å². The van der Waals surface area contributed by atoms with Gasteiger partial charge in [0, 0.05) is 11.8 Å². The molecule has 1 aliphatic heterocycles. The van der Waals surface area contributed by atoms with Crippen LogP contribution in [0.5, 0.6) is 11.5 Å². The zero-order valence-corrected chi connectivity index (χ0v) is 19.1. The summed E-state index contributed by atoms with van der Waals surface area (Å²) in [6.45, 7) is 4.29.